The van der Waals surface area contributed by atoms with Crippen molar-refractivity contribution in [1.29, 1.82) is 0 Å². The molecule has 0 spiro atoms. The van der Waals surface area contributed by atoms with E-state index in [-0.39, 0.29) is 5.56 Å². The van der Waals surface area contributed by atoms with Crippen LogP contribution in [0.3, 0.4) is 0 Å². The van der Waals surface area contributed by atoms with E-state index in [4.69, 9.17) is 15.0 Å². The molecule has 0 amide bonds. The molecular weight excluding hydrogens is 640 g/mol. The number of aromatic nitrogens is 3. The van der Waals surface area contributed by atoms with E-state index in [1.54, 1.807) is 12.1 Å². The maximum absolute atomic E-state index is 14.7. The molecule has 0 saturated carbocycles. The average Bonchev–Trinajstić information content (AvgIpc) is 3.19. The standard InChI is InChI=1S/C45H26F3N3/c46-35-24-30(25-36(47)41(35)48)31-20-10-11-21-32(31)44-40-39(33-22-12-13-23-37(33)49-44)34(27-14-4-1-5-15-27)26-38-45(40)51-43(29-18-8-3-9-19-29)42(50-38)28-16-6-2-7-17-28/h1-26H. The van der Waals surface area contributed by atoms with E-state index in [0.717, 1.165) is 61.8 Å². The largest absolute Gasteiger partial charge is 0.247 e. The molecule has 0 aliphatic rings. The Balaban J connectivity index is 1.49. The second-order valence-electron chi connectivity index (χ2n) is 12.3. The molecular formula is C45H26F3N3. The minimum atomic E-state index is -1.51. The summed E-state index contributed by atoms with van der Waals surface area (Å²) in [7, 11) is 0. The van der Waals surface area contributed by atoms with Gasteiger partial charge in [0.05, 0.1) is 33.6 Å². The van der Waals surface area contributed by atoms with Crippen molar-refractivity contribution in [3.63, 3.8) is 0 Å². The number of hydrogen-bond acceptors (Lipinski definition) is 3. The van der Waals surface area contributed by atoms with Crippen LogP contribution in [-0.2, 0) is 0 Å². The van der Waals surface area contributed by atoms with Crippen molar-refractivity contribution in [2.75, 3.05) is 0 Å². The lowest BCUT2D eigenvalue weighted by Gasteiger charge is -2.19. The van der Waals surface area contributed by atoms with Crippen LogP contribution in [0.4, 0.5) is 13.2 Å². The normalized spacial score (nSPS) is 11.4. The first-order valence-corrected chi connectivity index (χ1v) is 16.5. The molecule has 0 atom stereocenters. The van der Waals surface area contributed by atoms with Gasteiger partial charge >= 0.3 is 0 Å². The lowest BCUT2D eigenvalue weighted by Crippen LogP contribution is -2.00. The van der Waals surface area contributed by atoms with E-state index >= 15 is 0 Å². The van der Waals surface area contributed by atoms with Crippen molar-refractivity contribution in [2.24, 2.45) is 0 Å². The Bertz CT molecular complexity index is 2750. The van der Waals surface area contributed by atoms with Crippen molar-refractivity contribution < 1.29 is 13.2 Å². The molecule has 9 aromatic rings. The fourth-order valence-corrected chi connectivity index (χ4v) is 6.95. The Morgan fingerprint density at radius 2 is 0.863 bits per heavy atom. The Morgan fingerprint density at radius 1 is 0.353 bits per heavy atom. The second-order valence-corrected chi connectivity index (χ2v) is 12.3. The number of benzene rings is 7. The summed E-state index contributed by atoms with van der Waals surface area (Å²) in [5, 5.41) is 2.58. The van der Waals surface area contributed by atoms with Gasteiger partial charge in [0, 0.05) is 32.8 Å². The zero-order chi connectivity index (χ0) is 34.5. The molecule has 7 aromatic carbocycles. The lowest BCUT2D eigenvalue weighted by atomic mass is 9.89. The first-order valence-electron chi connectivity index (χ1n) is 16.5. The average molecular weight is 666 g/mol. The summed E-state index contributed by atoms with van der Waals surface area (Å²) < 4.78 is 43.6. The molecule has 2 heterocycles. The molecule has 0 radical (unpaired) electrons. The fourth-order valence-electron chi connectivity index (χ4n) is 6.95. The molecule has 0 unspecified atom stereocenters. The number of fused-ring (bicyclic) bond motifs is 5. The molecule has 3 nitrogen and oxygen atoms in total. The van der Waals surface area contributed by atoms with Crippen molar-refractivity contribution >= 4 is 32.7 Å². The van der Waals surface area contributed by atoms with E-state index in [0.29, 0.717) is 33.5 Å². The highest BCUT2D eigenvalue weighted by molar-refractivity contribution is 6.25. The van der Waals surface area contributed by atoms with Gasteiger partial charge in [-0.05, 0) is 46.5 Å². The number of pyridine rings is 1. The predicted molar refractivity (Wildman–Crippen MR) is 199 cm³/mol. The summed E-state index contributed by atoms with van der Waals surface area (Å²) >= 11 is 0. The molecule has 0 N–H and O–H groups in total. The van der Waals surface area contributed by atoms with Gasteiger partial charge in [0.2, 0.25) is 0 Å². The highest BCUT2D eigenvalue weighted by atomic mass is 19.2. The fraction of sp³-hybridized carbons (Fsp3) is 0. The van der Waals surface area contributed by atoms with E-state index in [9.17, 15) is 13.2 Å². The van der Waals surface area contributed by atoms with Crippen LogP contribution in [0, 0.1) is 17.5 Å². The number of hydrogen-bond donors (Lipinski definition) is 0. The molecule has 242 valence electrons. The summed E-state index contributed by atoms with van der Waals surface area (Å²) in [5.41, 5.74) is 9.08. The van der Waals surface area contributed by atoms with E-state index in [2.05, 4.69) is 18.2 Å². The van der Waals surface area contributed by atoms with Gasteiger partial charge in [0.25, 0.3) is 0 Å². The zero-order valence-electron chi connectivity index (χ0n) is 27.0. The third kappa shape index (κ3) is 5.20. The molecule has 0 bridgehead atoms. The van der Waals surface area contributed by atoms with Gasteiger partial charge in [0.15, 0.2) is 17.5 Å². The first kappa shape index (κ1) is 30.4. The summed E-state index contributed by atoms with van der Waals surface area (Å²) in [4.78, 5) is 16.1. The van der Waals surface area contributed by atoms with E-state index in [1.165, 1.54) is 0 Å². The summed E-state index contributed by atoms with van der Waals surface area (Å²) in [6.07, 6.45) is 0. The molecule has 9 rings (SSSR count). The smallest absolute Gasteiger partial charge is 0.194 e. The Hall–Kier alpha value is -6.66. The SMILES string of the molecule is Fc1cc(-c2ccccc2-c2nc3ccccc3c3c(-c4ccccc4)cc4nc(-c5ccccc5)c(-c5ccccc5)nc4c23)cc(F)c1F. The third-order valence-electron chi connectivity index (χ3n) is 9.26. The van der Waals surface area contributed by atoms with Crippen LogP contribution < -0.4 is 0 Å². The third-order valence-corrected chi connectivity index (χ3v) is 9.26. The van der Waals surface area contributed by atoms with Gasteiger partial charge in [-0.25, -0.2) is 28.1 Å². The monoisotopic (exact) mass is 665 g/mol. The van der Waals surface area contributed by atoms with Crippen molar-refractivity contribution in [3.05, 3.63) is 175 Å². The first-order chi connectivity index (χ1) is 25.0. The number of para-hydroxylation sites is 1. The maximum atomic E-state index is 14.7. The second kappa shape index (κ2) is 12.3. The number of rotatable bonds is 5. The molecule has 0 fully saturated rings. The topological polar surface area (TPSA) is 38.7 Å². The van der Waals surface area contributed by atoms with Crippen LogP contribution in [-0.4, -0.2) is 15.0 Å². The lowest BCUT2D eigenvalue weighted by molar-refractivity contribution is 0.448. The summed E-state index contributed by atoms with van der Waals surface area (Å²) in [6, 6.07) is 49.4. The minimum absolute atomic E-state index is 0.191. The molecule has 0 aliphatic carbocycles. The summed E-state index contributed by atoms with van der Waals surface area (Å²) in [6.45, 7) is 0. The van der Waals surface area contributed by atoms with Crippen molar-refractivity contribution in [2.45, 2.75) is 0 Å². The van der Waals surface area contributed by atoms with Crippen LogP contribution in [0.2, 0.25) is 0 Å². The van der Waals surface area contributed by atoms with Gasteiger partial charge in [0.1, 0.15) is 0 Å². The van der Waals surface area contributed by atoms with E-state index in [1.807, 2.05) is 115 Å². The van der Waals surface area contributed by atoms with Crippen LogP contribution in [0.5, 0.6) is 0 Å². The van der Waals surface area contributed by atoms with Gasteiger partial charge < -0.3 is 0 Å². The van der Waals surface area contributed by atoms with Crippen molar-refractivity contribution in [3.8, 4) is 56.0 Å². The highest BCUT2D eigenvalue weighted by Crippen LogP contribution is 2.45. The predicted octanol–water partition coefficient (Wildman–Crippen LogP) is 12.1. The van der Waals surface area contributed by atoms with Crippen LogP contribution in [0.15, 0.2) is 158 Å². The molecule has 0 saturated heterocycles. The van der Waals surface area contributed by atoms with Crippen LogP contribution in [0.1, 0.15) is 0 Å². The number of nitrogens with zero attached hydrogens (tertiary/aromatic N) is 3. The maximum Gasteiger partial charge on any atom is 0.194 e. The minimum Gasteiger partial charge on any atom is -0.247 e. The summed E-state index contributed by atoms with van der Waals surface area (Å²) in [5.74, 6) is -4.04. The molecule has 2 aromatic heterocycles. The zero-order valence-corrected chi connectivity index (χ0v) is 27.0. The van der Waals surface area contributed by atoms with Crippen LogP contribution in [0.25, 0.3) is 88.7 Å². The highest BCUT2D eigenvalue weighted by Gasteiger charge is 2.24. The quantitative estimate of drug-likeness (QED) is 0.136. The Kier molecular flexibility index (Phi) is 7.36. The van der Waals surface area contributed by atoms with Gasteiger partial charge in [-0.2, -0.15) is 0 Å². The number of halogens is 3. The Morgan fingerprint density at radius 3 is 1.51 bits per heavy atom. The van der Waals surface area contributed by atoms with E-state index < -0.39 is 17.5 Å². The van der Waals surface area contributed by atoms with Gasteiger partial charge in [-0.1, -0.05) is 133 Å². The van der Waals surface area contributed by atoms with Crippen molar-refractivity contribution in [1.82, 2.24) is 15.0 Å². The van der Waals surface area contributed by atoms with Gasteiger partial charge in [-0.3, -0.25) is 0 Å². The van der Waals surface area contributed by atoms with Crippen LogP contribution >= 0.6 is 0 Å². The molecule has 6 heteroatoms. The van der Waals surface area contributed by atoms with Gasteiger partial charge in [-0.15, -0.1) is 0 Å². The Labute approximate surface area is 291 Å². The molecule has 0 aliphatic heterocycles. The molecule has 51 heavy (non-hydrogen) atoms.